The van der Waals surface area contributed by atoms with Crippen LogP contribution in [-0.2, 0) is 0 Å². The van der Waals surface area contributed by atoms with Crippen LogP contribution in [0.2, 0.25) is 0 Å². The van der Waals surface area contributed by atoms with Crippen molar-refractivity contribution in [2.24, 2.45) is 0 Å². The smallest absolute Gasteiger partial charge is 0.355 e. The number of carboxylic acids is 1. The number of hydrogen-bond donors (Lipinski definition) is 1. The first kappa shape index (κ1) is 13.9. The Hall–Kier alpha value is -3.08. The Labute approximate surface area is 125 Å². The van der Waals surface area contributed by atoms with Crippen molar-refractivity contribution in [2.45, 2.75) is 0 Å². The Balaban J connectivity index is 2.30. The van der Waals surface area contributed by atoms with Crippen molar-refractivity contribution < 1.29 is 14.3 Å². The van der Waals surface area contributed by atoms with Gasteiger partial charge in [-0.1, -0.05) is 24.3 Å². The van der Waals surface area contributed by atoms with Crippen LogP contribution in [0, 0.1) is 5.82 Å². The Bertz CT molecular complexity index is 835. The second-order valence-corrected chi connectivity index (χ2v) is 4.58. The molecule has 3 aromatic rings. The number of hydrogen-bond acceptors (Lipinski definition) is 3. The molecule has 2 aromatic heterocycles. The van der Waals surface area contributed by atoms with Gasteiger partial charge in [-0.25, -0.2) is 14.2 Å². The van der Waals surface area contributed by atoms with Gasteiger partial charge in [0.15, 0.2) is 5.69 Å². The molecule has 4 nitrogen and oxygen atoms in total. The number of nitrogens with zero attached hydrogens (tertiary/aromatic N) is 2. The summed E-state index contributed by atoms with van der Waals surface area (Å²) in [5.41, 5.74) is 1.39. The van der Waals surface area contributed by atoms with E-state index in [0.717, 1.165) is 0 Å². The van der Waals surface area contributed by atoms with E-state index in [-0.39, 0.29) is 11.3 Å². The summed E-state index contributed by atoms with van der Waals surface area (Å²) in [4.78, 5) is 19.4. The number of carboxylic acid groups (broad SMARTS) is 1. The summed E-state index contributed by atoms with van der Waals surface area (Å²) >= 11 is 0. The first-order chi connectivity index (χ1) is 10.7. The molecule has 0 bridgehead atoms. The van der Waals surface area contributed by atoms with Gasteiger partial charge in [-0.05, 0) is 29.8 Å². The molecule has 108 valence electrons. The lowest BCUT2D eigenvalue weighted by molar-refractivity contribution is 0.0691. The minimum Gasteiger partial charge on any atom is -0.476 e. The molecule has 0 saturated carbocycles. The van der Waals surface area contributed by atoms with E-state index in [9.17, 15) is 14.3 Å². The SMILES string of the molecule is O=C(O)c1ncccc1-c1cccc(F)c1-c1ccccn1. The molecular formula is C17H11FN2O2. The molecule has 5 heteroatoms. The number of aromatic carboxylic acids is 1. The van der Waals surface area contributed by atoms with E-state index in [1.54, 1.807) is 42.6 Å². The summed E-state index contributed by atoms with van der Waals surface area (Å²) in [6.07, 6.45) is 2.96. The molecule has 0 atom stereocenters. The lowest BCUT2D eigenvalue weighted by atomic mass is 9.95. The monoisotopic (exact) mass is 294 g/mol. The molecule has 22 heavy (non-hydrogen) atoms. The maximum atomic E-state index is 14.3. The highest BCUT2D eigenvalue weighted by atomic mass is 19.1. The van der Waals surface area contributed by atoms with Gasteiger partial charge in [-0.15, -0.1) is 0 Å². The number of benzene rings is 1. The van der Waals surface area contributed by atoms with Gasteiger partial charge in [0.2, 0.25) is 0 Å². The molecular weight excluding hydrogens is 283 g/mol. The Morgan fingerprint density at radius 2 is 1.68 bits per heavy atom. The highest BCUT2D eigenvalue weighted by molar-refractivity contribution is 5.96. The van der Waals surface area contributed by atoms with Crippen LogP contribution in [0.25, 0.3) is 22.4 Å². The van der Waals surface area contributed by atoms with E-state index in [1.807, 2.05) is 0 Å². The van der Waals surface area contributed by atoms with Gasteiger partial charge in [-0.3, -0.25) is 4.98 Å². The Morgan fingerprint density at radius 3 is 2.41 bits per heavy atom. The molecule has 0 radical (unpaired) electrons. The minimum absolute atomic E-state index is 0.120. The van der Waals surface area contributed by atoms with Crippen molar-refractivity contribution in [3.63, 3.8) is 0 Å². The fraction of sp³-hybridized carbons (Fsp3) is 0. The molecule has 0 aliphatic rings. The van der Waals surface area contributed by atoms with Crippen molar-refractivity contribution >= 4 is 5.97 Å². The fourth-order valence-electron chi connectivity index (χ4n) is 2.31. The summed E-state index contributed by atoms with van der Waals surface area (Å²) in [6.45, 7) is 0. The van der Waals surface area contributed by atoms with Gasteiger partial charge in [0.1, 0.15) is 5.82 Å². The number of carbonyl (C=O) groups is 1. The molecule has 0 aliphatic heterocycles. The fourth-order valence-corrected chi connectivity index (χ4v) is 2.31. The quantitative estimate of drug-likeness (QED) is 0.801. The van der Waals surface area contributed by atoms with Crippen LogP contribution in [0.4, 0.5) is 4.39 Å². The lowest BCUT2D eigenvalue weighted by Crippen LogP contribution is -2.03. The zero-order valence-corrected chi connectivity index (χ0v) is 11.4. The van der Waals surface area contributed by atoms with Gasteiger partial charge in [0, 0.05) is 23.5 Å². The third kappa shape index (κ3) is 2.44. The summed E-state index contributed by atoms with van der Waals surface area (Å²) in [5.74, 6) is -1.62. The van der Waals surface area contributed by atoms with E-state index in [2.05, 4.69) is 9.97 Å². The predicted octanol–water partition coefficient (Wildman–Crippen LogP) is 3.65. The van der Waals surface area contributed by atoms with Gasteiger partial charge in [0.25, 0.3) is 0 Å². The third-order valence-electron chi connectivity index (χ3n) is 3.24. The number of halogens is 1. The first-order valence-electron chi connectivity index (χ1n) is 6.57. The number of pyridine rings is 2. The van der Waals surface area contributed by atoms with E-state index in [4.69, 9.17) is 0 Å². The Kier molecular flexibility index (Phi) is 3.62. The largest absolute Gasteiger partial charge is 0.476 e. The number of aromatic nitrogens is 2. The third-order valence-corrected chi connectivity index (χ3v) is 3.24. The highest BCUT2D eigenvalue weighted by Crippen LogP contribution is 2.34. The van der Waals surface area contributed by atoms with Crippen LogP contribution in [-0.4, -0.2) is 21.0 Å². The van der Waals surface area contributed by atoms with Crippen molar-refractivity contribution in [3.05, 3.63) is 72.4 Å². The van der Waals surface area contributed by atoms with E-state index in [1.165, 1.54) is 18.3 Å². The molecule has 3 rings (SSSR count). The molecule has 0 fully saturated rings. The maximum absolute atomic E-state index is 14.3. The van der Waals surface area contributed by atoms with Crippen molar-refractivity contribution in [2.75, 3.05) is 0 Å². The normalized spacial score (nSPS) is 10.4. The van der Waals surface area contributed by atoms with Gasteiger partial charge in [0.05, 0.1) is 5.69 Å². The van der Waals surface area contributed by atoms with Gasteiger partial charge >= 0.3 is 5.97 Å². The van der Waals surface area contributed by atoms with Gasteiger partial charge in [-0.2, -0.15) is 0 Å². The second kappa shape index (κ2) is 5.73. The van der Waals surface area contributed by atoms with Crippen LogP contribution in [0.5, 0.6) is 0 Å². The second-order valence-electron chi connectivity index (χ2n) is 4.58. The summed E-state index contributed by atoms with van der Waals surface area (Å²) in [7, 11) is 0. The molecule has 0 spiro atoms. The van der Waals surface area contributed by atoms with Crippen molar-refractivity contribution in [1.82, 2.24) is 9.97 Å². The van der Waals surface area contributed by atoms with Crippen molar-refractivity contribution in [1.29, 1.82) is 0 Å². The van der Waals surface area contributed by atoms with Crippen LogP contribution in [0.3, 0.4) is 0 Å². The van der Waals surface area contributed by atoms with Crippen LogP contribution in [0.1, 0.15) is 10.5 Å². The maximum Gasteiger partial charge on any atom is 0.355 e. The van der Waals surface area contributed by atoms with Crippen LogP contribution in [0.15, 0.2) is 60.9 Å². The predicted molar refractivity (Wildman–Crippen MR) is 79.8 cm³/mol. The summed E-state index contributed by atoms with van der Waals surface area (Å²) in [5, 5.41) is 9.29. The average molecular weight is 294 g/mol. The first-order valence-corrected chi connectivity index (χ1v) is 6.57. The molecule has 2 heterocycles. The topological polar surface area (TPSA) is 63.1 Å². The van der Waals surface area contributed by atoms with Crippen LogP contribution >= 0.6 is 0 Å². The van der Waals surface area contributed by atoms with E-state index >= 15 is 0 Å². The lowest BCUT2D eigenvalue weighted by Gasteiger charge is -2.12. The molecule has 0 amide bonds. The molecule has 1 aromatic carbocycles. The van der Waals surface area contributed by atoms with E-state index in [0.29, 0.717) is 16.8 Å². The zero-order chi connectivity index (χ0) is 15.5. The molecule has 0 aliphatic carbocycles. The van der Waals surface area contributed by atoms with Crippen LogP contribution < -0.4 is 0 Å². The molecule has 0 unspecified atom stereocenters. The average Bonchev–Trinajstić information content (AvgIpc) is 2.55. The number of rotatable bonds is 3. The Morgan fingerprint density at radius 1 is 0.909 bits per heavy atom. The van der Waals surface area contributed by atoms with Crippen molar-refractivity contribution in [3.8, 4) is 22.4 Å². The molecule has 1 N–H and O–H groups in total. The van der Waals surface area contributed by atoms with Gasteiger partial charge < -0.3 is 5.11 Å². The molecule has 0 saturated heterocycles. The standard InChI is InChI=1S/C17H11FN2O2/c18-13-7-3-5-11(15(13)14-8-1-2-9-19-14)12-6-4-10-20-16(12)17(21)22/h1-10H,(H,21,22). The minimum atomic E-state index is -1.16. The summed E-state index contributed by atoms with van der Waals surface area (Å²) < 4.78 is 14.3. The summed E-state index contributed by atoms with van der Waals surface area (Å²) in [6, 6.07) is 12.9. The highest BCUT2D eigenvalue weighted by Gasteiger charge is 2.19. The van der Waals surface area contributed by atoms with E-state index < -0.39 is 11.8 Å². The zero-order valence-electron chi connectivity index (χ0n) is 11.4.